The summed E-state index contributed by atoms with van der Waals surface area (Å²) in [5, 5.41) is 5.54. The van der Waals surface area contributed by atoms with Crippen LogP contribution in [0.3, 0.4) is 0 Å². The summed E-state index contributed by atoms with van der Waals surface area (Å²) in [5.41, 5.74) is 0. The molecule has 0 spiro atoms. The first-order chi connectivity index (χ1) is 6.22. The number of urea groups is 1. The Bertz CT molecular complexity index is 218. The molecule has 0 aromatic rings. The van der Waals surface area contributed by atoms with Crippen molar-refractivity contribution in [1.29, 1.82) is 0 Å². The molecule has 1 fully saturated rings. The van der Waals surface area contributed by atoms with E-state index in [2.05, 4.69) is 16.6 Å². The minimum atomic E-state index is -0.200. The molecule has 2 unspecified atom stereocenters. The summed E-state index contributed by atoms with van der Waals surface area (Å²) in [6, 6.07) is -0.0398. The van der Waals surface area contributed by atoms with E-state index in [4.69, 9.17) is 6.42 Å². The first-order valence-corrected chi connectivity index (χ1v) is 5.48. The highest BCUT2D eigenvalue weighted by molar-refractivity contribution is 7.99. The van der Waals surface area contributed by atoms with Gasteiger partial charge in [-0.15, -0.1) is 6.42 Å². The molecule has 0 aliphatic carbocycles. The van der Waals surface area contributed by atoms with Crippen LogP contribution >= 0.6 is 11.8 Å². The molecule has 0 saturated carbocycles. The van der Waals surface area contributed by atoms with Crippen molar-refractivity contribution >= 4 is 17.8 Å². The third-order valence-corrected chi connectivity index (χ3v) is 3.02. The van der Waals surface area contributed by atoms with Crippen LogP contribution < -0.4 is 10.6 Å². The van der Waals surface area contributed by atoms with Crippen LogP contribution in [-0.4, -0.2) is 29.6 Å². The van der Waals surface area contributed by atoms with E-state index in [0.29, 0.717) is 6.04 Å². The second-order valence-electron chi connectivity index (χ2n) is 3.07. The van der Waals surface area contributed by atoms with Gasteiger partial charge in [0.25, 0.3) is 0 Å². The van der Waals surface area contributed by atoms with Gasteiger partial charge < -0.3 is 10.6 Å². The minimum Gasteiger partial charge on any atom is -0.335 e. The van der Waals surface area contributed by atoms with Crippen molar-refractivity contribution in [1.82, 2.24) is 10.6 Å². The van der Waals surface area contributed by atoms with E-state index in [1.165, 1.54) is 0 Å². The Morgan fingerprint density at radius 3 is 3.08 bits per heavy atom. The van der Waals surface area contributed by atoms with Crippen LogP contribution in [0.4, 0.5) is 4.79 Å². The molecule has 1 saturated heterocycles. The van der Waals surface area contributed by atoms with E-state index in [1.54, 1.807) is 6.92 Å². The number of carbonyl (C=O) groups is 1. The Hall–Kier alpha value is -0.820. The molecular weight excluding hydrogens is 184 g/mol. The van der Waals surface area contributed by atoms with Gasteiger partial charge in [-0.1, -0.05) is 5.92 Å². The molecule has 1 rings (SSSR count). The van der Waals surface area contributed by atoms with Gasteiger partial charge in [-0.05, 0) is 19.1 Å². The average molecular weight is 198 g/mol. The van der Waals surface area contributed by atoms with Gasteiger partial charge in [0.1, 0.15) is 0 Å². The van der Waals surface area contributed by atoms with Gasteiger partial charge in [0.15, 0.2) is 0 Å². The van der Waals surface area contributed by atoms with E-state index >= 15 is 0 Å². The first-order valence-electron chi connectivity index (χ1n) is 4.33. The highest BCUT2D eigenvalue weighted by Crippen LogP contribution is 2.16. The summed E-state index contributed by atoms with van der Waals surface area (Å²) in [6.45, 7) is 1.78. The molecule has 0 aromatic heterocycles. The van der Waals surface area contributed by atoms with Crippen molar-refractivity contribution in [2.45, 2.75) is 25.4 Å². The Morgan fingerprint density at radius 1 is 1.77 bits per heavy atom. The van der Waals surface area contributed by atoms with Gasteiger partial charge in [0.2, 0.25) is 0 Å². The normalized spacial score (nSPS) is 23.2. The van der Waals surface area contributed by atoms with E-state index < -0.39 is 0 Å². The van der Waals surface area contributed by atoms with Gasteiger partial charge in [0.05, 0.1) is 6.04 Å². The number of hydrogen-bond donors (Lipinski definition) is 2. The summed E-state index contributed by atoms with van der Waals surface area (Å²) in [4.78, 5) is 11.2. The lowest BCUT2D eigenvalue weighted by atomic mass is 10.3. The lowest BCUT2D eigenvalue weighted by Crippen LogP contribution is -2.45. The topological polar surface area (TPSA) is 41.1 Å². The Morgan fingerprint density at radius 2 is 2.54 bits per heavy atom. The predicted octanol–water partition coefficient (Wildman–Crippen LogP) is 0.813. The maximum Gasteiger partial charge on any atom is 0.315 e. The quantitative estimate of drug-likeness (QED) is 0.645. The molecule has 1 aliphatic heterocycles. The highest BCUT2D eigenvalue weighted by Gasteiger charge is 2.17. The van der Waals surface area contributed by atoms with Crippen LogP contribution in [0.2, 0.25) is 0 Å². The van der Waals surface area contributed by atoms with Crippen LogP contribution in [0.1, 0.15) is 13.3 Å². The van der Waals surface area contributed by atoms with Gasteiger partial charge in [-0.3, -0.25) is 0 Å². The fraction of sp³-hybridized carbons (Fsp3) is 0.667. The molecule has 13 heavy (non-hydrogen) atoms. The second-order valence-corrected chi connectivity index (χ2v) is 4.22. The number of hydrogen-bond acceptors (Lipinski definition) is 2. The summed E-state index contributed by atoms with van der Waals surface area (Å²) in [5.74, 6) is 4.59. The van der Waals surface area contributed by atoms with Crippen LogP contribution in [0, 0.1) is 12.3 Å². The largest absolute Gasteiger partial charge is 0.335 e. The molecule has 0 bridgehead atoms. The third kappa shape index (κ3) is 3.60. The molecule has 4 heteroatoms. The molecule has 2 N–H and O–H groups in total. The minimum absolute atomic E-state index is 0.155. The van der Waals surface area contributed by atoms with Crippen molar-refractivity contribution in [2.24, 2.45) is 0 Å². The number of carbonyl (C=O) groups excluding carboxylic acids is 1. The fourth-order valence-electron chi connectivity index (χ4n) is 1.11. The molecule has 1 heterocycles. The maximum absolute atomic E-state index is 11.2. The van der Waals surface area contributed by atoms with Crippen molar-refractivity contribution in [3.05, 3.63) is 0 Å². The SMILES string of the molecule is C#CC(C)NC(=O)NC1CCSC1. The maximum atomic E-state index is 11.2. The van der Waals surface area contributed by atoms with Crippen molar-refractivity contribution in [3.63, 3.8) is 0 Å². The molecule has 2 atom stereocenters. The van der Waals surface area contributed by atoms with Gasteiger partial charge in [-0.2, -0.15) is 11.8 Å². The van der Waals surface area contributed by atoms with Crippen molar-refractivity contribution < 1.29 is 4.79 Å². The van der Waals surface area contributed by atoms with Crippen molar-refractivity contribution in [2.75, 3.05) is 11.5 Å². The van der Waals surface area contributed by atoms with E-state index in [0.717, 1.165) is 17.9 Å². The van der Waals surface area contributed by atoms with Crippen LogP contribution in [-0.2, 0) is 0 Å². The molecule has 72 valence electrons. The Labute approximate surface area is 83.0 Å². The highest BCUT2D eigenvalue weighted by atomic mass is 32.2. The lowest BCUT2D eigenvalue weighted by molar-refractivity contribution is 0.237. The Balaban J connectivity index is 2.21. The lowest BCUT2D eigenvalue weighted by Gasteiger charge is -2.13. The van der Waals surface area contributed by atoms with Crippen LogP contribution in [0.25, 0.3) is 0 Å². The first kappa shape index (κ1) is 10.3. The number of thioether (sulfide) groups is 1. The average Bonchev–Trinajstić information content (AvgIpc) is 2.56. The third-order valence-electron chi connectivity index (χ3n) is 1.86. The standard InChI is InChI=1S/C9H14N2OS/c1-3-7(2)10-9(12)11-8-4-5-13-6-8/h1,7-8H,4-6H2,2H3,(H2,10,11,12). The summed E-state index contributed by atoms with van der Waals surface area (Å²) in [7, 11) is 0. The summed E-state index contributed by atoms with van der Waals surface area (Å²) < 4.78 is 0. The van der Waals surface area contributed by atoms with Gasteiger partial charge in [-0.25, -0.2) is 4.79 Å². The smallest absolute Gasteiger partial charge is 0.315 e. The summed E-state index contributed by atoms with van der Waals surface area (Å²) >= 11 is 1.87. The second kappa shape index (κ2) is 5.03. The molecule has 1 aliphatic rings. The monoisotopic (exact) mass is 198 g/mol. The molecule has 0 aromatic carbocycles. The van der Waals surface area contributed by atoms with Crippen LogP contribution in [0.15, 0.2) is 0 Å². The van der Waals surface area contributed by atoms with E-state index in [1.807, 2.05) is 11.8 Å². The molecule has 2 amide bonds. The van der Waals surface area contributed by atoms with Gasteiger partial charge in [0, 0.05) is 11.8 Å². The summed E-state index contributed by atoms with van der Waals surface area (Å²) in [6.07, 6.45) is 6.19. The molecule has 0 radical (unpaired) electrons. The zero-order valence-electron chi connectivity index (χ0n) is 7.67. The van der Waals surface area contributed by atoms with Crippen LogP contribution in [0.5, 0.6) is 0 Å². The Kier molecular flexibility index (Phi) is 3.97. The van der Waals surface area contributed by atoms with E-state index in [9.17, 15) is 4.79 Å². The van der Waals surface area contributed by atoms with Crippen molar-refractivity contribution in [3.8, 4) is 12.3 Å². The zero-order valence-corrected chi connectivity index (χ0v) is 8.49. The fourth-order valence-corrected chi connectivity index (χ4v) is 2.27. The number of nitrogens with one attached hydrogen (secondary N) is 2. The van der Waals surface area contributed by atoms with Gasteiger partial charge >= 0.3 is 6.03 Å². The number of amides is 2. The number of rotatable bonds is 2. The predicted molar refractivity (Wildman–Crippen MR) is 55.7 cm³/mol. The molecule has 3 nitrogen and oxygen atoms in total. The zero-order chi connectivity index (χ0) is 9.68. The number of terminal acetylenes is 1. The van der Waals surface area contributed by atoms with E-state index in [-0.39, 0.29) is 12.1 Å². The molecular formula is C9H14N2OS.